The molecule has 0 radical (unpaired) electrons. The molecule has 0 bridgehead atoms. The first kappa shape index (κ1) is 18.5. The predicted molar refractivity (Wildman–Crippen MR) is 86.4 cm³/mol. The van der Waals surface area contributed by atoms with Gasteiger partial charge in [0, 0.05) is 19.4 Å². The third kappa shape index (κ3) is 5.31. The maximum absolute atomic E-state index is 11.2. The lowest BCUT2D eigenvalue weighted by Gasteiger charge is -2.18. The Morgan fingerprint density at radius 3 is 2.45 bits per heavy atom. The van der Waals surface area contributed by atoms with E-state index in [4.69, 9.17) is 9.47 Å². The summed E-state index contributed by atoms with van der Waals surface area (Å²) in [6.07, 6.45) is -0.0793. The molecule has 22 heavy (non-hydrogen) atoms. The van der Waals surface area contributed by atoms with Crippen LogP contribution in [0, 0.1) is 20.8 Å². The summed E-state index contributed by atoms with van der Waals surface area (Å²) in [5.74, 6) is 1.02. The number of carbonyl (C=O) groups excluding carboxylic acids is 1. The monoisotopic (exact) mass is 309 g/mol. The molecule has 0 saturated carbocycles. The molecular formula is C17H27NO4. The molecule has 0 aliphatic heterocycles. The van der Waals surface area contributed by atoms with Crippen LogP contribution in [0.2, 0.25) is 0 Å². The number of aryl methyl sites for hydroxylation is 1. The topological polar surface area (TPSA) is 67.8 Å². The van der Waals surface area contributed by atoms with Crippen LogP contribution in [0.3, 0.4) is 0 Å². The van der Waals surface area contributed by atoms with Gasteiger partial charge in [-0.3, -0.25) is 10.1 Å². The number of hydrogen-bond acceptors (Lipinski definition) is 5. The summed E-state index contributed by atoms with van der Waals surface area (Å²) >= 11 is 0. The van der Waals surface area contributed by atoms with E-state index in [2.05, 4.69) is 5.32 Å². The summed E-state index contributed by atoms with van der Waals surface area (Å²) in [5, 5.41) is 12.8. The van der Waals surface area contributed by atoms with E-state index in [1.54, 1.807) is 0 Å². The van der Waals surface area contributed by atoms with Crippen LogP contribution in [-0.2, 0) is 4.79 Å². The van der Waals surface area contributed by atoms with Gasteiger partial charge in [-0.25, -0.2) is 0 Å². The third-order valence-electron chi connectivity index (χ3n) is 3.40. The average Bonchev–Trinajstić information content (AvgIpc) is 2.39. The van der Waals surface area contributed by atoms with Crippen molar-refractivity contribution >= 4 is 5.97 Å². The molecule has 0 saturated heterocycles. The van der Waals surface area contributed by atoms with Crippen LogP contribution < -0.4 is 14.8 Å². The number of aliphatic hydroxyl groups is 1. The van der Waals surface area contributed by atoms with E-state index >= 15 is 0 Å². The van der Waals surface area contributed by atoms with Crippen molar-refractivity contribution in [2.45, 2.75) is 60.2 Å². The molecule has 1 rings (SSSR count). The molecule has 0 spiro atoms. The van der Waals surface area contributed by atoms with Gasteiger partial charge in [0.2, 0.25) is 0 Å². The summed E-state index contributed by atoms with van der Waals surface area (Å²) in [5.41, 5.74) is 2.69. The van der Waals surface area contributed by atoms with E-state index in [1.807, 2.05) is 40.7 Å². The molecule has 1 atom stereocenters. The lowest BCUT2D eigenvalue weighted by molar-refractivity contribution is -0.131. The highest BCUT2D eigenvalue weighted by Crippen LogP contribution is 2.33. The van der Waals surface area contributed by atoms with E-state index in [-0.39, 0.29) is 12.0 Å². The highest BCUT2D eigenvalue weighted by atomic mass is 16.5. The van der Waals surface area contributed by atoms with Crippen molar-refractivity contribution in [1.29, 1.82) is 0 Å². The molecule has 5 nitrogen and oxygen atoms in total. The fourth-order valence-corrected chi connectivity index (χ4v) is 2.22. The first-order valence-electron chi connectivity index (χ1n) is 7.58. The summed E-state index contributed by atoms with van der Waals surface area (Å²) in [6.45, 7) is 11.5. The van der Waals surface area contributed by atoms with Gasteiger partial charge in [-0.1, -0.05) is 0 Å². The van der Waals surface area contributed by atoms with Crippen LogP contribution in [0.5, 0.6) is 11.5 Å². The highest BCUT2D eigenvalue weighted by molar-refractivity contribution is 5.71. The second-order valence-electron chi connectivity index (χ2n) is 5.84. The molecule has 2 N–H and O–H groups in total. The van der Waals surface area contributed by atoms with Crippen LogP contribution >= 0.6 is 0 Å². The molecule has 1 aromatic rings. The Bertz CT molecular complexity index is 526. The van der Waals surface area contributed by atoms with Crippen LogP contribution in [0.4, 0.5) is 0 Å². The SMILES string of the molecule is CC(=O)Oc1c(C)cc(OCCC(O)NC(C)C)c(C)c1C. The molecule has 1 aromatic carbocycles. The van der Waals surface area contributed by atoms with Gasteiger partial charge in [0.05, 0.1) is 6.61 Å². The van der Waals surface area contributed by atoms with Crippen LogP contribution in [0.25, 0.3) is 0 Å². The first-order valence-corrected chi connectivity index (χ1v) is 7.58. The second-order valence-corrected chi connectivity index (χ2v) is 5.84. The number of rotatable bonds is 7. The molecule has 0 aliphatic carbocycles. The normalized spacial score (nSPS) is 12.4. The number of esters is 1. The minimum absolute atomic E-state index is 0.226. The Morgan fingerprint density at radius 1 is 1.27 bits per heavy atom. The van der Waals surface area contributed by atoms with Gasteiger partial charge in [0.25, 0.3) is 0 Å². The highest BCUT2D eigenvalue weighted by Gasteiger charge is 2.14. The Kier molecular flexibility index (Phi) is 6.84. The smallest absolute Gasteiger partial charge is 0.308 e. The van der Waals surface area contributed by atoms with Crippen LogP contribution in [0.1, 0.15) is 43.9 Å². The Labute approximate surface area is 132 Å². The van der Waals surface area contributed by atoms with Crippen molar-refractivity contribution < 1.29 is 19.4 Å². The van der Waals surface area contributed by atoms with E-state index < -0.39 is 6.23 Å². The Hall–Kier alpha value is -1.59. The third-order valence-corrected chi connectivity index (χ3v) is 3.40. The van der Waals surface area contributed by atoms with Gasteiger partial charge in [-0.05, 0) is 57.4 Å². The molecule has 0 amide bonds. The Morgan fingerprint density at radius 2 is 1.91 bits per heavy atom. The number of ether oxygens (including phenoxy) is 2. The van der Waals surface area contributed by atoms with Gasteiger partial charge >= 0.3 is 5.97 Å². The predicted octanol–water partition coefficient (Wildman–Crippen LogP) is 2.62. The van der Waals surface area contributed by atoms with Gasteiger partial charge in [0.1, 0.15) is 17.7 Å². The summed E-state index contributed by atoms with van der Waals surface area (Å²) < 4.78 is 11.0. The lowest BCUT2D eigenvalue weighted by Crippen LogP contribution is -2.35. The summed E-state index contributed by atoms with van der Waals surface area (Å²) in [7, 11) is 0. The van der Waals surface area contributed by atoms with Crippen molar-refractivity contribution in [3.05, 3.63) is 22.8 Å². The number of nitrogens with one attached hydrogen (secondary N) is 1. The molecular weight excluding hydrogens is 282 g/mol. The average molecular weight is 309 g/mol. The molecule has 1 unspecified atom stereocenters. The number of hydrogen-bond donors (Lipinski definition) is 2. The second kappa shape index (κ2) is 8.15. The fourth-order valence-electron chi connectivity index (χ4n) is 2.22. The van der Waals surface area contributed by atoms with E-state index in [9.17, 15) is 9.90 Å². The zero-order valence-corrected chi connectivity index (χ0v) is 14.3. The zero-order chi connectivity index (χ0) is 16.9. The largest absolute Gasteiger partial charge is 0.493 e. The maximum atomic E-state index is 11.2. The maximum Gasteiger partial charge on any atom is 0.308 e. The van der Waals surface area contributed by atoms with Gasteiger partial charge in [-0.2, -0.15) is 0 Å². The standard InChI is InChI=1S/C17H27NO4/c1-10(2)18-16(20)7-8-21-15-9-11(3)17(22-14(6)19)13(5)12(15)4/h9-10,16,18,20H,7-8H2,1-6H3. The number of aliphatic hydroxyl groups excluding tert-OH is 1. The van der Waals surface area contributed by atoms with Crippen molar-refractivity contribution in [3.63, 3.8) is 0 Å². The van der Waals surface area contributed by atoms with E-state index in [0.717, 1.165) is 22.4 Å². The van der Waals surface area contributed by atoms with Crippen LogP contribution in [-0.4, -0.2) is 30.0 Å². The van der Waals surface area contributed by atoms with E-state index in [1.165, 1.54) is 6.92 Å². The van der Waals surface area contributed by atoms with Crippen molar-refractivity contribution in [1.82, 2.24) is 5.32 Å². The molecule has 5 heteroatoms. The van der Waals surface area contributed by atoms with Gasteiger partial charge in [0.15, 0.2) is 0 Å². The molecule has 0 aromatic heterocycles. The molecule has 124 valence electrons. The summed E-state index contributed by atoms with van der Waals surface area (Å²) in [6, 6.07) is 2.09. The van der Waals surface area contributed by atoms with Crippen molar-refractivity contribution in [3.8, 4) is 11.5 Å². The summed E-state index contributed by atoms with van der Waals surface area (Å²) in [4.78, 5) is 11.2. The quantitative estimate of drug-likeness (QED) is 0.460. The Balaban J connectivity index is 2.74. The minimum atomic E-state index is -0.581. The van der Waals surface area contributed by atoms with Gasteiger partial charge in [-0.15, -0.1) is 0 Å². The van der Waals surface area contributed by atoms with Gasteiger partial charge < -0.3 is 14.6 Å². The fraction of sp³-hybridized carbons (Fsp3) is 0.588. The minimum Gasteiger partial charge on any atom is -0.493 e. The van der Waals surface area contributed by atoms with Crippen molar-refractivity contribution in [2.75, 3.05) is 6.61 Å². The lowest BCUT2D eigenvalue weighted by atomic mass is 10.0. The molecule has 0 heterocycles. The number of carbonyl (C=O) groups is 1. The zero-order valence-electron chi connectivity index (χ0n) is 14.3. The number of benzene rings is 1. The molecule has 0 fully saturated rings. The first-order chi connectivity index (χ1) is 10.2. The van der Waals surface area contributed by atoms with Crippen molar-refractivity contribution in [2.24, 2.45) is 0 Å². The molecule has 0 aliphatic rings. The van der Waals surface area contributed by atoms with Crippen LogP contribution in [0.15, 0.2) is 6.07 Å². The van der Waals surface area contributed by atoms with E-state index in [0.29, 0.717) is 18.8 Å².